The zero-order valence-electron chi connectivity index (χ0n) is 8.11. The molecule has 0 aliphatic heterocycles. The van der Waals surface area contributed by atoms with Crippen molar-refractivity contribution in [3.63, 3.8) is 0 Å². The first-order valence-electron chi connectivity index (χ1n) is 4.38. The van der Waals surface area contributed by atoms with E-state index in [4.69, 9.17) is 5.73 Å². The molecule has 0 saturated heterocycles. The number of rotatable bonds is 2. The van der Waals surface area contributed by atoms with Gasteiger partial charge in [-0.1, -0.05) is 6.07 Å². The van der Waals surface area contributed by atoms with Crippen molar-refractivity contribution in [1.82, 2.24) is 0 Å². The van der Waals surface area contributed by atoms with Gasteiger partial charge in [-0.2, -0.15) is 13.2 Å². The first-order valence-corrected chi connectivity index (χ1v) is 4.38. The molecule has 1 atom stereocenters. The summed E-state index contributed by atoms with van der Waals surface area (Å²) in [7, 11) is 0. The molecule has 0 saturated carbocycles. The maximum atomic E-state index is 13.1. The molecule has 0 radical (unpaired) electrons. The van der Waals surface area contributed by atoms with E-state index >= 15 is 0 Å². The number of nitrogens with two attached hydrogens (primary N) is 1. The van der Waals surface area contributed by atoms with Crippen LogP contribution >= 0.6 is 0 Å². The molecule has 1 aromatic rings. The molecule has 1 aromatic carbocycles. The van der Waals surface area contributed by atoms with Crippen LogP contribution in [0.2, 0.25) is 0 Å². The van der Waals surface area contributed by atoms with Gasteiger partial charge in [-0.3, -0.25) is 0 Å². The number of aryl methyl sites for hydroxylation is 1. The van der Waals surface area contributed by atoms with Gasteiger partial charge >= 0.3 is 6.18 Å². The summed E-state index contributed by atoms with van der Waals surface area (Å²) in [5.74, 6) is 0. The summed E-state index contributed by atoms with van der Waals surface area (Å²) in [6.07, 6.45) is -5.80. The molecular weight excluding hydrogens is 210 g/mol. The third-order valence-electron chi connectivity index (χ3n) is 2.14. The second-order valence-electron chi connectivity index (χ2n) is 3.27. The van der Waals surface area contributed by atoms with E-state index in [9.17, 15) is 17.6 Å². The van der Waals surface area contributed by atoms with Crippen molar-refractivity contribution in [3.8, 4) is 0 Å². The molecule has 0 aromatic heterocycles. The van der Waals surface area contributed by atoms with Gasteiger partial charge in [0.15, 0.2) is 0 Å². The van der Waals surface area contributed by atoms with Gasteiger partial charge in [-0.15, -0.1) is 0 Å². The Bertz CT molecular complexity index is 346. The fourth-order valence-electron chi connectivity index (χ4n) is 1.33. The molecule has 84 valence electrons. The van der Waals surface area contributed by atoms with Crippen molar-refractivity contribution in [3.05, 3.63) is 34.9 Å². The maximum absolute atomic E-state index is 13.1. The van der Waals surface area contributed by atoms with Gasteiger partial charge in [0.2, 0.25) is 0 Å². The monoisotopic (exact) mass is 221 g/mol. The smallest absolute Gasteiger partial charge is 0.327 e. The van der Waals surface area contributed by atoms with Crippen LogP contribution in [-0.4, -0.2) is 6.54 Å². The molecule has 0 fully saturated rings. The van der Waals surface area contributed by atoms with Gasteiger partial charge in [0.05, 0.1) is 5.56 Å². The molecule has 0 aliphatic rings. The summed E-state index contributed by atoms with van der Waals surface area (Å²) < 4.78 is 49.9. The highest BCUT2D eigenvalue weighted by Gasteiger charge is 2.30. The molecule has 15 heavy (non-hydrogen) atoms. The van der Waals surface area contributed by atoms with E-state index in [1.165, 1.54) is 6.92 Å². The summed E-state index contributed by atoms with van der Waals surface area (Å²) in [4.78, 5) is 0. The Balaban J connectivity index is 3.09. The lowest BCUT2D eigenvalue weighted by atomic mass is 10.0. The quantitative estimate of drug-likeness (QED) is 0.763. The van der Waals surface area contributed by atoms with Gasteiger partial charge in [0, 0.05) is 6.54 Å². The summed E-state index contributed by atoms with van der Waals surface area (Å²) >= 11 is 0. The van der Waals surface area contributed by atoms with E-state index in [0.717, 1.165) is 18.2 Å². The van der Waals surface area contributed by atoms with Crippen LogP contribution in [-0.2, 0) is 6.18 Å². The van der Waals surface area contributed by atoms with Crippen LogP contribution in [0.5, 0.6) is 0 Å². The third-order valence-corrected chi connectivity index (χ3v) is 2.14. The van der Waals surface area contributed by atoms with Gasteiger partial charge in [-0.05, 0) is 30.2 Å². The van der Waals surface area contributed by atoms with Gasteiger partial charge in [0.25, 0.3) is 0 Å². The van der Waals surface area contributed by atoms with Crippen LogP contribution < -0.4 is 5.73 Å². The number of benzene rings is 1. The topological polar surface area (TPSA) is 26.0 Å². The van der Waals surface area contributed by atoms with Crippen molar-refractivity contribution < 1.29 is 17.6 Å². The van der Waals surface area contributed by atoms with Crippen LogP contribution in [0.15, 0.2) is 18.2 Å². The Morgan fingerprint density at radius 3 is 2.33 bits per heavy atom. The highest BCUT2D eigenvalue weighted by atomic mass is 19.4. The normalized spacial score (nSPS) is 14.0. The van der Waals surface area contributed by atoms with Gasteiger partial charge < -0.3 is 5.73 Å². The molecule has 1 nitrogen and oxygen atoms in total. The fourth-order valence-corrected chi connectivity index (χ4v) is 1.33. The molecule has 1 unspecified atom stereocenters. The first kappa shape index (κ1) is 12.0. The summed E-state index contributed by atoms with van der Waals surface area (Å²) in [6.45, 7) is 1.21. The van der Waals surface area contributed by atoms with E-state index in [1.807, 2.05) is 0 Å². The molecule has 1 rings (SSSR count). The van der Waals surface area contributed by atoms with E-state index in [1.54, 1.807) is 0 Å². The minimum Gasteiger partial charge on any atom is -0.327 e. The average Bonchev–Trinajstić information content (AvgIpc) is 2.15. The van der Waals surface area contributed by atoms with Crippen molar-refractivity contribution >= 4 is 0 Å². The predicted molar refractivity (Wildman–Crippen MR) is 49.1 cm³/mol. The number of hydrogen-bond donors (Lipinski definition) is 1. The number of halogens is 4. The fraction of sp³-hybridized carbons (Fsp3) is 0.400. The van der Waals surface area contributed by atoms with Crippen LogP contribution in [0.3, 0.4) is 0 Å². The van der Waals surface area contributed by atoms with Crippen molar-refractivity contribution in [2.45, 2.75) is 19.3 Å². The van der Waals surface area contributed by atoms with Crippen molar-refractivity contribution in [2.75, 3.05) is 6.54 Å². The van der Waals surface area contributed by atoms with E-state index < -0.39 is 17.9 Å². The molecule has 2 N–H and O–H groups in total. The van der Waals surface area contributed by atoms with E-state index in [2.05, 4.69) is 0 Å². The van der Waals surface area contributed by atoms with Crippen LogP contribution in [0.25, 0.3) is 0 Å². The zero-order valence-corrected chi connectivity index (χ0v) is 8.11. The maximum Gasteiger partial charge on any atom is 0.416 e. The Kier molecular flexibility index (Phi) is 3.34. The zero-order chi connectivity index (χ0) is 11.6. The lowest BCUT2D eigenvalue weighted by Gasteiger charge is -2.12. The Morgan fingerprint density at radius 2 is 1.93 bits per heavy atom. The van der Waals surface area contributed by atoms with E-state index in [0.29, 0.717) is 0 Å². The molecule has 0 heterocycles. The lowest BCUT2D eigenvalue weighted by Crippen LogP contribution is -2.11. The molecule has 0 amide bonds. The van der Waals surface area contributed by atoms with Crippen LogP contribution in [0, 0.1) is 6.92 Å². The summed E-state index contributed by atoms with van der Waals surface area (Å²) in [5, 5.41) is 0. The van der Waals surface area contributed by atoms with Gasteiger partial charge in [0.1, 0.15) is 6.17 Å². The number of alkyl halides is 4. The lowest BCUT2D eigenvalue weighted by molar-refractivity contribution is -0.137. The predicted octanol–water partition coefficient (Wildman–Crippen LogP) is 2.98. The summed E-state index contributed by atoms with van der Waals surface area (Å²) in [5.41, 5.74) is 4.81. The SMILES string of the molecule is Cc1cc(C(F)(F)F)ccc1C(F)CN. The highest BCUT2D eigenvalue weighted by Crippen LogP contribution is 2.32. The molecular formula is C10H11F4N. The van der Waals surface area contributed by atoms with E-state index in [-0.39, 0.29) is 17.7 Å². The second-order valence-corrected chi connectivity index (χ2v) is 3.27. The average molecular weight is 221 g/mol. The minimum atomic E-state index is -4.39. The van der Waals surface area contributed by atoms with Crippen LogP contribution in [0.1, 0.15) is 22.9 Å². The van der Waals surface area contributed by atoms with Crippen LogP contribution in [0.4, 0.5) is 17.6 Å². The first-order chi connectivity index (χ1) is 6.86. The largest absolute Gasteiger partial charge is 0.416 e. The minimum absolute atomic E-state index is 0.213. The Labute approximate surface area is 84.9 Å². The van der Waals surface area contributed by atoms with Gasteiger partial charge in [-0.25, -0.2) is 4.39 Å². The van der Waals surface area contributed by atoms with Crippen molar-refractivity contribution in [1.29, 1.82) is 0 Å². The molecule has 0 aliphatic carbocycles. The standard InChI is InChI=1S/C10H11F4N/c1-6-4-7(10(12,13)14)2-3-8(6)9(11)5-15/h2-4,9H,5,15H2,1H3. The molecule has 0 bridgehead atoms. The Morgan fingerprint density at radius 1 is 1.33 bits per heavy atom. The third kappa shape index (κ3) is 2.68. The molecule has 5 heteroatoms. The Hall–Kier alpha value is -1.10. The second kappa shape index (κ2) is 4.18. The molecule has 0 spiro atoms. The number of hydrogen-bond acceptors (Lipinski definition) is 1. The highest BCUT2D eigenvalue weighted by molar-refractivity contribution is 5.34. The van der Waals surface area contributed by atoms with Crippen molar-refractivity contribution in [2.24, 2.45) is 5.73 Å². The summed E-state index contributed by atoms with van der Waals surface area (Å²) in [6, 6.07) is 2.93.